The van der Waals surface area contributed by atoms with E-state index in [0.717, 1.165) is 18.4 Å². The van der Waals surface area contributed by atoms with E-state index in [1.807, 2.05) is 0 Å². The molecule has 0 bridgehead atoms. The summed E-state index contributed by atoms with van der Waals surface area (Å²) < 4.78 is 10.1. The molecule has 102 valence electrons. The number of aromatic nitrogens is 1. The molecule has 0 saturated heterocycles. The second-order valence-electron chi connectivity index (χ2n) is 5.65. The van der Waals surface area contributed by atoms with Gasteiger partial charge in [-0.1, -0.05) is 11.6 Å². The van der Waals surface area contributed by atoms with E-state index >= 15 is 0 Å². The summed E-state index contributed by atoms with van der Waals surface area (Å²) in [6.45, 7) is 0. The van der Waals surface area contributed by atoms with E-state index in [9.17, 15) is 4.79 Å². The van der Waals surface area contributed by atoms with Crippen LogP contribution in [-0.2, 0) is 14.9 Å². The van der Waals surface area contributed by atoms with Crippen molar-refractivity contribution in [2.75, 3.05) is 14.2 Å². The standard InChI is InChI=1S/C14H16ClNO3/c1-18-11-6-9(5-10(15)16-11)14(12(17)19-2)7-13(8-14)3-4-13/h5-6H,3-4,7-8H2,1-2H3. The molecule has 2 saturated carbocycles. The molecule has 3 rings (SSSR count). The molecule has 19 heavy (non-hydrogen) atoms. The number of nitrogens with zero attached hydrogens (tertiary/aromatic N) is 1. The van der Waals surface area contributed by atoms with Crippen LogP contribution in [0.2, 0.25) is 5.15 Å². The molecule has 0 aromatic carbocycles. The average Bonchev–Trinajstić information content (AvgIpc) is 3.15. The SMILES string of the molecule is COC(=O)C1(c2cc(Cl)nc(OC)c2)CC2(CC2)C1. The van der Waals surface area contributed by atoms with Crippen molar-refractivity contribution in [2.45, 2.75) is 31.1 Å². The van der Waals surface area contributed by atoms with Gasteiger partial charge in [-0.05, 0) is 42.7 Å². The normalized spacial score (nSPS) is 21.6. The van der Waals surface area contributed by atoms with E-state index in [4.69, 9.17) is 21.1 Å². The van der Waals surface area contributed by atoms with Crippen molar-refractivity contribution >= 4 is 17.6 Å². The van der Waals surface area contributed by atoms with E-state index in [-0.39, 0.29) is 5.97 Å². The number of methoxy groups -OCH3 is 2. The molecular formula is C14H16ClNO3. The molecule has 0 amide bonds. The molecule has 2 fully saturated rings. The van der Waals surface area contributed by atoms with Crippen LogP contribution in [-0.4, -0.2) is 25.2 Å². The Kier molecular flexibility index (Phi) is 2.75. The monoisotopic (exact) mass is 281 g/mol. The Balaban J connectivity index is 2.00. The largest absolute Gasteiger partial charge is 0.481 e. The zero-order valence-electron chi connectivity index (χ0n) is 11.0. The number of hydrogen-bond donors (Lipinski definition) is 0. The summed E-state index contributed by atoms with van der Waals surface area (Å²) in [5, 5.41) is 0.342. The van der Waals surface area contributed by atoms with Gasteiger partial charge in [0, 0.05) is 6.07 Å². The van der Waals surface area contributed by atoms with E-state index in [2.05, 4.69) is 4.98 Å². The van der Waals surface area contributed by atoms with Crippen molar-refractivity contribution in [1.29, 1.82) is 0 Å². The van der Waals surface area contributed by atoms with Gasteiger partial charge in [-0.25, -0.2) is 4.98 Å². The van der Waals surface area contributed by atoms with Crippen LogP contribution in [0.3, 0.4) is 0 Å². The summed E-state index contributed by atoms with van der Waals surface area (Å²) in [7, 11) is 2.97. The fraction of sp³-hybridized carbons (Fsp3) is 0.571. The minimum atomic E-state index is -0.564. The number of carbonyl (C=O) groups is 1. The van der Waals surface area contributed by atoms with Crippen LogP contribution in [0, 0.1) is 5.41 Å². The van der Waals surface area contributed by atoms with Crippen LogP contribution in [0.15, 0.2) is 12.1 Å². The van der Waals surface area contributed by atoms with Gasteiger partial charge < -0.3 is 9.47 Å². The lowest BCUT2D eigenvalue weighted by molar-refractivity contribution is -0.154. The molecule has 2 aliphatic rings. The summed E-state index contributed by atoms with van der Waals surface area (Å²) >= 11 is 6.01. The second-order valence-corrected chi connectivity index (χ2v) is 6.04. The smallest absolute Gasteiger partial charge is 0.316 e. The Morgan fingerprint density at radius 3 is 2.53 bits per heavy atom. The van der Waals surface area contributed by atoms with Gasteiger partial charge in [0.2, 0.25) is 5.88 Å². The van der Waals surface area contributed by atoms with Crippen LogP contribution in [0.4, 0.5) is 0 Å². The lowest BCUT2D eigenvalue weighted by atomic mass is 9.56. The summed E-state index contributed by atoms with van der Waals surface area (Å²) in [4.78, 5) is 16.3. The minimum absolute atomic E-state index is 0.186. The fourth-order valence-electron chi connectivity index (χ4n) is 3.27. The van der Waals surface area contributed by atoms with Gasteiger partial charge in [-0.3, -0.25) is 4.79 Å². The van der Waals surface area contributed by atoms with Crippen molar-refractivity contribution in [3.63, 3.8) is 0 Å². The van der Waals surface area contributed by atoms with Gasteiger partial charge in [0.1, 0.15) is 5.15 Å². The number of halogens is 1. The molecule has 1 heterocycles. The molecule has 0 N–H and O–H groups in total. The number of ether oxygens (including phenoxy) is 2. The molecule has 1 aromatic heterocycles. The lowest BCUT2D eigenvalue weighted by Crippen LogP contribution is -2.49. The molecule has 4 nitrogen and oxygen atoms in total. The first-order valence-corrected chi connectivity index (χ1v) is 6.72. The molecular weight excluding hydrogens is 266 g/mol. The fourth-order valence-corrected chi connectivity index (χ4v) is 3.48. The van der Waals surface area contributed by atoms with Crippen LogP contribution < -0.4 is 4.74 Å². The van der Waals surface area contributed by atoms with Crippen LogP contribution >= 0.6 is 11.6 Å². The molecule has 0 unspecified atom stereocenters. The van der Waals surface area contributed by atoms with Crippen LogP contribution in [0.5, 0.6) is 5.88 Å². The zero-order valence-corrected chi connectivity index (χ0v) is 11.8. The van der Waals surface area contributed by atoms with Crippen LogP contribution in [0.25, 0.3) is 0 Å². The number of esters is 1. The highest BCUT2D eigenvalue weighted by Crippen LogP contribution is 2.69. The number of rotatable bonds is 3. The van der Waals surface area contributed by atoms with Crippen molar-refractivity contribution in [3.05, 3.63) is 22.8 Å². The Labute approximate surface area is 117 Å². The molecule has 2 aliphatic carbocycles. The van der Waals surface area contributed by atoms with Crippen molar-refractivity contribution in [1.82, 2.24) is 4.98 Å². The maximum atomic E-state index is 12.2. The minimum Gasteiger partial charge on any atom is -0.481 e. The van der Waals surface area contributed by atoms with Crippen LogP contribution in [0.1, 0.15) is 31.2 Å². The summed E-state index contributed by atoms with van der Waals surface area (Å²) in [6, 6.07) is 3.54. The van der Waals surface area contributed by atoms with Crippen molar-refractivity contribution in [2.24, 2.45) is 5.41 Å². The van der Waals surface area contributed by atoms with Crippen molar-refractivity contribution in [3.8, 4) is 5.88 Å². The van der Waals surface area contributed by atoms with Crippen molar-refractivity contribution < 1.29 is 14.3 Å². The molecule has 5 heteroatoms. The topological polar surface area (TPSA) is 48.4 Å². The first kappa shape index (κ1) is 12.7. The maximum absolute atomic E-state index is 12.2. The van der Waals surface area contributed by atoms with Gasteiger partial charge in [-0.15, -0.1) is 0 Å². The lowest BCUT2D eigenvalue weighted by Gasteiger charge is -2.46. The number of carbonyl (C=O) groups excluding carboxylic acids is 1. The highest BCUT2D eigenvalue weighted by atomic mass is 35.5. The predicted octanol–water partition coefficient (Wildman–Crippen LogP) is 2.73. The third kappa shape index (κ3) is 1.89. The van der Waals surface area contributed by atoms with E-state index in [1.54, 1.807) is 12.1 Å². The highest BCUT2D eigenvalue weighted by molar-refractivity contribution is 6.29. The first-order valence-electron chi connectivity index (χ1n) is 6.34. The Morgan fingerprint density at radius 2 is 2.00 bits per heavy atom. The average molecular weight is 282 g/mol. The van der Waals surface area contributed by atoms with Gasteiger partial charge in [-0.2, -0.15) is 0 Å². The zero-order chi connectivity index (χ0) is 13.7. The maximum Gasteiger partial charge on any atom is 0.316 e. The van der Waals surface area contributed by atoms with Gasteiger partial charge in [0.15, 0.2) is 0 Å². The van der Waals surface area contributed by atoms with Gasteiger partial charge in [0.25, 0.3) is 0 Å². The Hall–Kier alpha value is -1.29. The summed E-state index contributed by atoms with van der Waals surface area (Å²) in [5.41, 5.74) is 0.663. The molecule has 0 radical (unpaired) electrons. The number of hydrogen-bond acceptors (Lipinski definition) is 4. The quantitative estimate of drug-likeness (QED) is 0.631. The third-order valence-corrected chi connectivity index (χ3v) is 4.61. The van der Waals surface area contributed by atoms with E-state index in [1.165, 1.54) is 27.1 Å². The van der Waals surface area contributed by atoms with Gasteiger partial charge in [0.05, 0.1) is 19.6 Å². The molecule has 1 aromatic rings. The third-order valence-electron chi connectivity index (χ3n) is 4.42. The summed E-state index contributed by atoms with van der Waals surface area (Å²) in [6.07, 6.45) is 4.11. The van der Waals surface area contributed by atoms with E-state index < -0.39 is 5.41 Å². The highest BCUT2D eigenvalue weighted by Gasteiger charge is 2.65. The molecule has 0 aliphatic heterocycles. The predicted molar refractivity (Wildman–Crippen MR) is 70.4 cm³/mol. The Bertz CT molecular complexity index is 531. The second kappa shape index (κ2) is 4.10. The van der Waals surface area contributed by atoms with E-state index in [0.29, 0.717) is 16.4 Å². The first-order chi connectivity index (χ1) is 9.03. The van der Waals surface area contributed by atoms with Gasteiger partial charge >= 0.3 is 5.97 Å². The number of pyridine rings is 1. The molecule has 0 atom stereocenters. The molecule has 1 spiro atoms. The summed E-state index contributed by atoms with van der Waals surface area (Å²) in [5.74, 6) is 0.247. The Morgan fingerprint density at radius 1 is 1.32 bits per heavy atom.